The van der Waals surface area contributed by atoms with Crippen LogP contribution >= 0.6 is 11.6 Å². The Morgan fingerprint density at radius 3 is 2.48 bits per heavy atom. The van der Waals surface area contributed by atoms with Crippen LogP contribution in [0.15, 0.2) is 42.5 Å². The van der Waals surface area contributed by atoms with E-state index in [1.54, 1.807) is 7.11 Å². The zero-order chi connectivity index (χ0) is 15.0. The molecular weight excluding hydrogens is 284 g/mol. The number of aromatic nitrogens is 2. The van der Waals surface area contributed by atoms with Crippen LogP contribution in [0, 0.1) is 6.92 Å². The summed E-state index contributed by atoms with van der Waals surface area (Å²) in [5, 5.41) is -0.176. The minimum Gasteiger partial charge on any atom is -0.497 e. The van der Waals surface area contributed by atoms with E-state index in [4.69, 9.17) is 16.3 Å². The molecule has 1 atom stereocenters. The Kier molecular flexibility index (Phi) is 3.60. The minimum atomic E-state index is -0.176. The van der Waals surface area contributed by atoms with Crippen LogP contribution in [0.4, 0.5) is 0 Å². The van der Waals surface area contributed by atoms with E-state index in [1.807, 2.05) is 25.1 Å². The quantitative estimate of drug-likeness (QED) is 0.659. The molecule has 0 amide bonds. The van der Waals surface area contributed by atoms with E-state index in [2.05, 4.69) is 40.7 Å². The van der Waals surface area contributed by atoms with Crippen molar-refractivity contribution >= 4 is 22.6 Å². The van der Waals surface area contributed by atoms with Crippen molar-refractivity contribution in [1.82, 2.24) is 9.55 Å². The highest BCUT2D eigenvalue weighted by molar-refractivity contribution is 6.20. The highest BCUT2D eigenvalue weighted by atomic mass is 35.5. The normalized spacial score (nSPS) is 12.6. The Hall–Kier alpha value is -2.00. The number of fused-ring (bicyclic) bond motifs is 1. The van der Waals surface area contributed by atoms with Gasteiger partial charge in [0.15, 0.2) is 0 Å². The molecule has 0 aliphatic carbocycles. The first-order chi connectivity index (χ1) is 10.1. The van der Waals surface area contributed by atoms with Gasteiger partial charge in [-0.2, -0.15) is 0 Å². The molecule has 2 aromatic carbocycles. The molecule has 0 fully saturated rings. The van der Waals surface area contributed by atoms with Crippen molar-refractivity contribution in [3.05, 3.63) is 53.9 Å². The molecule has 108 valence electrons. The van der Waals surface area contributed by atoms with E-state index in [1.165, 1.54) is 5.56 Å². The van der Waals surface area contributed by atoms with E-state index in [0.29, 0.717) is 0 Å². The lowest BCUT2D eigenvalue weighted by atomic mass is 10.2. The van der Waals surface area contributed by atoms with Gasteiger partial charge in [-0.05, 0) is 38.1 Å². The lowest BCUT2D eigenvalue weighted by molar-refractivity contribution is 0.415. The zero-order valence-corrected chi connectivity index (χ0v) is 13.1. The molecule has 4 heteroatoms. The number of rotatable bonds is 3. The SMILES string of the molecule is COc1ccc2c(c1)nc(C(C)Cl)n2-c1ccc(C)cc1. The number of halogens is 1. The standard InChI is InChI=1S/C17H17ClN2O/c1-11-4-6-13(7-5-11)20-16-9-8-14(21-3)10-15(16)19-17(20)12(2)18/h4-10,12H,1-3H3. The van der Waals surface area contributed by atoms with Gasteiger partial charge in [-0.3, -0.25) is 4.57 Å². The van der Waals surface area contributed by atoms with E-state index in [0.717, 1.165) is 28.3 Å². The summed E-state index contributed by atoms with van der Waals surface area (Å²) in [6.45, 7) is 4.01. The van der Waals surface area contributed by atoms with E-state index < -0.39 is 0 Å². The molecule has 1 unspecified atom stereocenters. The number of hydrogen-bond donors (Lipinski definition) is 0. The predicted molar refractivity (Wildman–Crippen MR) is 86.6 cm³/mol. The van der Waals surface area contributed by atoms with Crippen LogP contribution in [0.5, 0.6) is 5.75 Å². The van der Waals surface area contributed by atoms with Gasteiger partial charge in [-0.25, -0.2) is 4.98 Å². The van der Waals surface area contributed by atoms with E-state index in [-0.39, 0.29) is 5.38 Å². The van der Waals surface area contributed by atoms with Gasteiger partial charge < -0.3 is 4.74 Å². The summed E-state index contributed by atoms with van der Waals surface area (Å²) in [7, 11) is 1.66. The van der Waals surface area contributed by atoms with Gasteiger partial charge in [0.2, 0.25) is 0 Å². The van der Waals surface area contributed by atoms with E-state index >= 15 is 0 Å². The van der Waals surface area contributed by atoms with Gasteiger partial charge in [-0.15, -0.1) is 11.6 Å². The third kappa shape index (κ3) is 2.49. The molecule has 0 bridgehead atoms. The largest absolute Gasteiger partial charge is 0.497 e. The monoisotopic (exact) mass is 300 g/mol. The van der Waals surface area contributed by atoms with Crippen molar-refractivity contribution in [3.8, 4) is 11.4 Å². The summed E-state index contributed by atoms with van der Waals surface area (Å²) in [6.07, 6.45) is 0. The first-order valence-corrected chi connectivity index (χ1v) is 7.31. The third-order valence-electron chi connectivity index (χ3n) is 3.54. The van der Waals surface area contributed by atoms with Crippen molar-refractivity contribution < 1.29 is 4.74 Å². The molecule has 3 rings (SSSR count). The molecule has 21 heavy (non-hydrogen) atoms. The summed E-state index contributed by atoms with van der Waals surface area (Å²) in [4.78, 5) is 4.67. The van der Waals surface area contributed by atoms with Crippen molar-refractivity contribution in [1.29, 1.82) is 0 Å². The lowest BCUT2D eigenvalue weighted by Crippen LogP contribution is -2.01. The maximum absolute atomic E-state index is 6.32. The molecule has 1 heterocycles. The molecule has 1 aromatic heterocycles. The van der Waals surface area contributed by atoms with Crippen molar-refractivity contribution in [2.45, 2.75) is 19.2 Å². The van der Waals surface area contributed by atoms with Crippen molar-refractivity contribution in [2.75, 3.05) is 7.11 Å². The Morgan fingerprint density at radius 2 is 1.86 bits per heavy atom. The average Bonchev–Trinajstić information content (AvgIpc) is 2.86. The second kappa shape index (κ2) is 5.41. The van der Waals surface area contributed by atoms with Gasteiger partial charge in [0.25, 0.3) is 0 Å². The third-order valence-corrected chi connectivity index (χ3v) is 3.73. The summed E-state index contributed by atoms with van der Waals surface area (Å²) in [5.41, 5.74) is 4.21. The number of alkyl halides is 1. The topological polar surface area (TPSA) is 27.1 Å². The van der Waals surface area contributed by atoms with Gasteiger partial charge in [0, 0.05) is 11.8 Å². The van der Waals surface area contributed by atoms with Crippen LogP contribution in [0.1, 0.15) is 23.7 Å². The van der Waals surface area contributed by atoms with Crippen LogP contribution in [-0.2, 0) is 0 Å². The summed E-state index contributed by atoms with van der Waals surface area (Å²) < 4.78 is 7.37. The summed E-state index contributed by atoms with van der Waals surface area (Å²) in [5.74, 6) is 1.63. The van der Waals surface area contributed by atoms with Gasteiger partial charge in [0.05, 0.1) is 23.5 Å². The van der Waals surface area contributed by atoms with Crippen LogP contribution in [0.3, 0.4) is 0 Å². The zero-order valence-electron chi connectivity index (χ0n) is 12.3. The number of imidazole rings is 1. The molecule has 0 saturated heterocycles. The molecule has 0 N–H and O–H groups in total. The predicted octanol–water partition coefficient (Wildman–Crippen LogP) is 4.64. The fourth-order valence-electron chi connectivity index (χ4n) is 2.44. The number of hydrogen-bond acceptors (Lipinski definition) is 2. The molecule has 0 radical (unpaired) electrons. The van der Waals surface area contributed by atoms with E-state index in [9.17, 15) is 0 Å². The van der Waals surface area contributed by atoms with Crippen LogP contribution in [0.2, 0.25) is 0 Å². The number of nitrogens with zero attached hydrogens (tertiary/aromatic N) is 2. The first kappa shape index (κ1) is 14.0. The Labute approximate surface area is 129 Å². The molecule has 0 aliphatic heterocycles. The van der Waals surface area contributed by atoms with Gasteiger partial charge in [0.1, 0.15) is 11.6 Å². The highest BCUT2D eigenvalue weighted by Gasteiger charge is 2.16. The number of methoxy groups -OCH3 is 1. The molecule has 0 aliphatic rings. The number of aryl methyl sites for hydroxylation is 1. The molecule has 3 aromatic rings. The lowest BCUT2D eigenvalue weighted by Gasteiger charge is -2.11. The highest BCUT2D eigenvalue weighted by Crippen LogP contribution is 2.30. The Morgan fingerprint density at radius 1 is 1.14 bits per heavy atom. The van der Waals surface area contributed by atoms with Crippen LogP contribution < -0.4 is 4.74 Å². The Balaban J connectivity index is 2.28. The second-order valence-electron chi connectivity index (χ2n) is 5.11. The fourth-order valence-corrected chi connectivity index (χ4v) is 2.58. The molecule has 0 saturated carbocycles. The number of benzene rings is 2. The Bertz CT molecular complexity index is 775. The van der Waals surface area contributed by atoms with Crippen LogP contribution in [0.25, 0.3) is 16.7 Å². The maximum atomic E-state index is 6.32. The molecular formula is C17H17ClN2O. The summed E-state index contributed by atoms with van der Waals surface area (Å²) in [6, 6.07) is 14.2. The fraction of sp³-hybridized carbons (Fsp3) is 0.235. The molecule has 0 spiro atoms. The van der Waals surface area contributed by atoms with Crippen molar-refractivity contribution in [2.24, 2.45) is 0 Å². The van der Waals surface area contributed by atoms with Gasteiger partial charge >= 0.3 is 0 Å². The second-order valence-corrected chi connectivity index (χ2v) is 5.77. The first-order valence-electron chi connectivity index (χ1n) is 6.87. The summed E-state index contributed by atoms with van der Waals surface area (Å²) >= 11 is 6.32. The minimum absolute atomic E-state index is 0.176. The van der Waals surface area contributed by atoms with Crippen LogP contribution in [-0.4, -0.2) is 16.7 Å². The van der Waals surface area contributed by atoms with Gasteiger partial charge in [-0.1, -0.05) is 17.7 Å². The smallest absolute Gasteiger partial charge is 0.132 e. The number of ether oxygens (including phenoxy) is 1. The maximum Gasteiger partial charge on any atom is 0.132 e. The molecule has 3 nitrogen and oxygen atoms in total. The van der Waals surface area contributed by atoms with Crippen molar-refractivity contribution in [3.63, 3.8) is 0 Å². The average molecular weight is 301 g/mol.